The van der Waals surface area contributed by atoms with Crippen LogP contribution in [-0.4, -0.2) is 36.7 Å². The molecule has 5 aromatic rings. The number of benzene rings is 3. The molecule has 180 valence electrons. The molecular formula is C29H25N3O4. The molecule has 2 heterocycles. The Kier molecular flexibility index (Phi) is 6.62. The number of carbonyl (C=O) groups is 1. The Bertz CT molecular complexity index is 1490. The minimum Gasteiger partial charge on any atom is -0.497 e. The van der Waals surface area contributed by atoms with E-state index in [9.17, 15) is 4.79 Å². The highest BCUT2D eigenvalue weighted by atomic mass is 16.5. The fourth-order valence-corrected chi connectivity index (χ4v) is 4.18. The summed E-state index contributed by atoms with van der Waals surface area (Å²) in [6, 6.07) is 25.8. The molecule has 3 aromatic carbocycles. The van der Waals surface area contributed by atoms with Gasteiger partial charge in [0.15, 0.2) is 0 Å². The largest absolute Gasteiger partial charge is 0.497 e. The van der Waals surface area contributed by atoms with Crippen LogP contribution >= 0.6 is 0 Å². The number of aromatic nitrogens is 2. The highest BCUT2D eigenvalue weighted by molar-refractivity contribution is 6.01. The van der Waals surface area contributed by atoms with E-state index >= 15 is 0 Å². The van der Waals surface area contributed by atoms with Crippen molar-refractivity contribution in [1.29, 1.82) is 0 Å². The molecule has 0 fully saturated rings. The normalized spacial score (nSPS) is 10.8. The summed E-state index contributed by atoms with van der Waals surface area (Å²) in [5.41, 5.74) is 6.13. The van der Waals surface area contributed by atoms with Gasteiger partial charge in [-0.25, -0.2) is 9.97 Å². The smallest absolute Gasteiger partial charge is 0.325 e. The number of fused-ring (bicyclic) bond motifs is 1. The number of furan rings is 1. The van der Waals surface area contributed by atoms with Gasteiger partial charge in [-0.2, -0.15) is 0 Å². The Labute approximate surface area is 208 Å². The standard InChI is InChI=1S/C29H25N3O4/c1-34-23-13-11-20(12-14-23)26-27-24(16-19-7-6-10-22(15-19)30-17-25(33)35-2)31-18-32-29(27)36-28(26)21-8-4-3-5-9-21/h3-15,18,30H,16-17H2,1-2H3. The number of anilines is 1. The van der Waals surface area contributed by atoms with Crippen LogP contribution in [-0.2, 0) is 16.0 Å². The Morgan fingerprint density at radius 1 is 0.917 bits per heavy atom. The molecule has 0 radical (unpaired) electrons. The van der Waals surface area contributed by atoms with Crippen molar-refractivity contribution in [3.63, 3.8) is 0 Å². The lowest BCUT2D eigenvalue weighted by Crippen LogP contribution is -2.14. The Morgan fingerprint density at radius 2 is 1.72 bits per heavy atom. The van der Waals surface area contributed by atoms with Crippen LogP contribution in [0.4, 0.5) is 5.69 Å². The molecule has 0 spiro atoms. The average Bonchev–Trinajstić information content (AvgIpc) is 3.33. The van der Waals surface area contributed by atoms with Crippen molar-refractivity contribution in [2.24, 2.45) is 0 Å². The second kappa shape index (κ2) is 10.3. The van der Waals surface area contributed by atoms with Crippen molar-refractivity contribution in [2.75, 3.05) is 26.1 Å². The van der Waals surface area contributed by atoms with Crippen LogP contribution in [0.15, 0.2) is 89.6 Å². The Hall–Kier alpha value is -4.65. The van der Waals surface area contributed by atoms with E-state index in [4.69, 9.17) is 13.9 Å². The summed E-state index contributed by atoms with van der Waals surface area (Å²) < 4.78 is 16.4. The van der Waals surface area contributed by atoms with Gasteiger partial charge in [-0.15, -0.1) is 0 Å². The van der Waals surface area contributed by atoms with E-state index in [0.29, 0.717) is 12.1 Å². The molecule has 7 nitrogen and oxygen atoms in total. The first-order valence-electron chi connectivity index (χ1n) is 11.5. The van der Waals surface area contributed by atoms with Crippen molar-refractivity contribution in [2.45, 2.75) is 6.42 Å². The average molecular weight is 480 g/mol. The SMILES string of the molecule is COC(=O)CNc1cccc(Cc2ncnc3oc(-c4ccccc4)c(-c4ccc(OC)cc4)c23)c1. The maximum absolute atomic E-state index is 11.5. The molecule has 5 rings (SSSR count). The summed E-state index contributed by atoms with van der Waals surface area (Å²) >= 11 is 0. The number of esters is 1. The predicted octanol–water partition coefficient (Wildman–Crippen LogP) is 5.74. The molecule has 7 heteroatoms. The number of rotatable bonds is 8. The second-order valence-electron chi connectivity index (χ2n) is 8.21. The number of hydrogen-bond acceptors (Lipinski definition) is 7. The minimum atomic E-state index is -0.325. The van der Waals surface area contributed by atoms with Gasteiger partial charge >= 0.3 is 5.97 Å². The quantitative estimate of drug-likeness (QED) is 0.284. The molecule has 0 aliphatic heterocycles. The van der Waals surface area contributed by atoms with Gasteiger partial charge in [0.2, 0.25) is 5.71 Å². The summed E-state index contributed by atoms with van der Waals surface area (Å²) in [5, 5.41) is 3.96. The highest BCUT2D eigenvalue weighted by Crippen LogP contribution is 2.42. The summed E-state index contributed by atoms with van der Waals surface area (Å²) in [5.74, 6) is 1.19. The Balaban J connectivity index is 1.60. The van der Waals surface area contributed by atoms with Crippen LogP contribution < -0.4 is 10.1 Å². The molecule has 0 bridgehead atoms. The van der Waals surface area contributed by atoms with Crippen molar-refractivity contribution >= 4 is 22.8 Å². The summed E-state index contributed by atoms with van der Waals surface area (Å²) in [4.78, 5) is 20.6. The molecule has 36 heavy (non-hydrogen) atoms. The molecule has 0 amide bonds. The number of nitrogens with zero attached hydrogens (tertiary/aromatic N) is 2. The van der Waals surface area contributed by atoms with E-state index < -0.39 is 0 Å². The van der Waals surface area contributed by atoms with Gasteiger partial charge in [-0.05, 0) is 35.4 Å². The van der Waals surface area contributed by atoms with Gasteiger partial charge in [0.1, 0.15) is 24.4 Å². The number of nitrogens with one attached hydrogen (secondary N) is 1. The van der Waals surface area contributed by atoms with Crippen LogP contribution in [0.1, 0.15) is 11.3 Å². The molecule has 0 aliphatic rings. The summed E-state index contributed by atoms with van der Waals surface area (Å²) in [6.07, 6.45) is 2.09. The van der Waals surface area contributed by atoms with Gasteiger partial charge in [0.25, 0.3) is 0 Å². The number of hydrogen-bond donors (Lipinski definition) is 1. The first-order chi connectivity index (χ1) is 17.7. The predicted molar refractivity (Wildman–Crippen MR) is 139 cm³/mol. The van der Waals surface area contributed by atoms with Crippen molar-refractivity contribution in [3.05, 3.63) is 96.4 Å². The second-order valence-corrected chi connectivity index (χ2v) is 8.21. The lowest BCUT2D eigenvalue weighted by molar-refractivity contribution is -0.138. The zero-order valence-electron chi connectivity index (χ0n) is 20.0. The topological polar surface area (TPSA) is 86.5 Å². The van der Waals surface area contributed by atoms with Gasteiger partial charge in [0, 0.05) is 23.2 Å². The van der Waals surface area contributed by atoms with E-state index in [0.717, 1.165) is 50.5 Å². The molecule has 0 aliphatic carbocycles. The Morgan fingerprint density at radius 3 is 2.47 bits per heavy atom. The summed E-state index contributed by atoms with van der Waals surface area (Å²) in [6.45, 7) is 0.0987. The molecule has 2 aromatic heterocycles. The number of carbonyl (C=O) groups excluding carboxylic acids is 1. The third-order valence-electron chi connectivity index (χ3n) is 5.94. The fourth-order valence-electron chi connectivity index (χ4n) is 4.18. The van der Waals surface area contributed by atoms with E-state index in [-0.39, 0.29) is 12.5 Å². The van der Waals surface area contributed by atoms with Crippen molar-refractivity contribution < 1.29 is 18.7 Å². The lowest BCUT2D eigenvalue weighted by atomic mass is 9.96. The molecular weight excluding hydrogens is 454 g/mol. The minimum absolute atomic E-state index is 0.0987. The lowest BCUT2D eigenvalue weighted by Gasteiger charge is -2.09. The van der Waals surface area contributed by atoms with Crippen LogP contribution in [0.25, 0.3) is 33.6 Å². The van der Waals surface area contributed by atoms with E-state index in [2.05, 4.69) is 15.3 Å². The third-order valence-corrected chi connectivity index (χ3v) is 5.94. The maximum atomic E-state index is 11.5. The first-order valence-corrected chi connectivity index (χ1v) is 11.5. The molecule has 0 saturated carbocycles. The fraction of sp³-hybridized carbons (Fsp3) is 0.138. The van der Waals surface area contributed by atoms with Gasteiger partial charge < -0.3 is 19.2 Å². The summed E-state index contributed by atoms with van der Waals surface area (Å²) in [7, 11) is 3.02. The molecule has 0 atom stereocenters. The van der Waals surface area contributed by atoms with E-state index in [1.165, 1.54) is 13.4 Å². The van der Waals surface area contributed by atoms with Crippen LogP contribution in [0, 0.1) is 0 Å². The molecule has 0 unspecified atom stereocenters. The van der Waals surface area contributed by atoms with E-state index in [1.54, 1.807) is 7.11 Å². The third kappa shape index (κ3) is 4.77. The highest BCUT2D eigenvalue weighted by Gasteiger charge is 2.22. The van der Waals surface area contributed by atoms with Crippen molar-refractivity contribution in [3.8, 4) is 28.2 Å². The zero-order valence-corrected chi connectivity index (χ0v) is 20.0. The van der Waals surface area contributed by atoms with Gasteiger partial charge in [-0.3, -0.25) is 4.79 Å². The van der Waals surface area contributed by atoms with E-state index in [1.807, 2.05) is 78.9 Å². The number of ether oxygens (including phenoxy) is 2. The van der Waals surface area contributed by atoms with Gasteiger partial charge in [0.05, 0.1) is 25.3 Å². The van der Waals surface area contributed by atoms with Gasteiger partial charge in [-0.1, -0.05) is 54.6 Å². The maximum Gasteiger partial charge on any atom is 0.325 e. The van der Waals surface area contributed by atoms with Crippen LogP contribution in [0.2, 0.25) is 0 Å². The zero-order chi connectivity index (χ0) is 24.9. The number of methoxy groups -OCH3 is 2. The van der Waals surface area contributed by atoms with Crippen molar-refractivity contribution in [1.82, 2.24) is 9.97 Å². The first kappa shape index (κ1) is 23.1. The molecule has 1 N–H and O–H groups in total. The molecule has 0 saturated heterocycles. The van der Waals surface area contributed by atoms with Crippen LogP contribution in [0.3, 0.4) is 0 Å². The monoisotopic (exact) mass is 479 g/mol. The van der Waals surface area contributed by atoms with Crippen LogP contribution in [0.5, 0.6) is 5.75 Å².